The molecule has 0 amide bonds. The molecule has 8 nitrogen and oxygen atoms in total. The summed E-state index contributed by atoms with van der Waals surface area (Å²) in [6, 6.07) is 16.4. The van der Waals surface area contributed by atoms with E-state index in [4.69, 9.17) is 0 Å². The lowest BCUT2D eigenvalue weighted by atomic mass is 10.1. The van der Waals surface area contributed by atoms with E-state index in [0.717, 1.165) is 16.8 Å². The highest BCUT2D eigenvalue weighted by molar-refractivity contribution is 7.90. The molecule has 2 aromatic heterocycles. The zero-order valence-corrected chi connectivity index (χ0v) is 16.4. The molecule has 0 aliphatic rings. The summed E-state index contributed by atoms with van der Waals surface area (Å²) in [5.74, 6) is 0.384. The van der Waals surface area contributed by atoms with Gasteiger partial charge in [-0.3, -0.25) is 0 Å². The van der Waals surface area contributed by atoms with Crippen LogP contribution in [-0.2, 0) is 16.4 Å². The molecule has 0 atom stereocenters. The minimum atomic E-state index is -3.29. The SMILES string of the molecule is CS(=O)(=O)c1cccc(Nc2nccc(-c3cccc(Cn4cncn4)c3)n2)c1. The number of nitrogens with one attached hydrogen (secondary N) is 1. The van der Waals surface area contributed by atoms with Crippen molar-refractivity contribution in [3.8, 4) is 11.3 Å². The van der Waals surface area contributed by atoms with Crippen LogP contribution in [0, 0.1) is 0 Å². The summed E-state index contributed by atoms with van der Waals surface area (Å²) < 4.78 is 25.3. The Hall–Kier alpha value is -3.59. The predicted molar refractivity (Wildman–Crippen MR) is 109 cm³/mol. The van der Waals surface area contributed by atoms with Gasteiger partial charge in [0.2, 0.25) is 5.95 Å². The molecule has 0 unspecified atom stereocenters. The van der Waals surface area contributed by atoms with Crippen molar-refractivity contribution in [2.75, 3.05) is 11.6 Å². The predicted octanol–water partition coefficient (Wildman–Crippen LogP) is 2.93. The lowest BCUT2D eigenvalue weighted by Gasteiger charge is -2.09. The van der Waals surface area contributed by atoms with Gasteiger partial charge in [-0.15, -0.1) is 0 Å². The average Bonchev–Trinajstić information content (AvgIpc) is 3.21. The van der Waals surface area contributed by atoms with Gasteiger partial charge in [-0.2, -0.15) is 5.10 Å². The molecular weight excluding hydrogens is 388 g/mol. The van der Waals surface area contributed by atoms with E-state index in [0.29, 0.717) is 18.2 Å². The summed E-state index contributed by atoms with van der Waals surface area (Å²) in [7, 11) is -3.29. The Labute approximate surface area is 168 Å². The van der Waals surface area contributed by atoms with Gasteiger partial charge in [0.05, 0.1) is 17.1 Å². The van der Waals surface area contributed by atoms with Gasteiger partial charge < -0.3 is 5.32 Å². The Morgan fingerprint density at radius 1 is 1.07 bits per heavy atom. The molecule has 4 aromatic rings. The van der Waals surface area contributed by atoms with Crippen molar-refractivity contribution in [2.24, 2.45) is 0 Å². The van der Waals surface area contributed by atoms with E-state index in [1.807, 2.05) is 30.3 Å². The first-order valence-electron chi connectivity index (χ1n) is 8.79. The monoisotopic (exact) mass is 406 g/mol. The molecule has 2 aromatic carbocycles. The molecule has 0 bridgehead atoms. The highest BCUT2D eigenvalue weighted by Gasteiger charge is 2.09. The van der Waals surface area contributed by atoms with Crippen molar-refractivity contribution in [1.82, 2.24) is 24.7 Å². The molecule has 146 valence electrons. The number of sulfone groups is 1. The van der Waals surface area contributed by atoms with Crippen molar-refractivity contribution in [1.29, 1.82) is 0 Å². The first-order valence-corrected chi connectivity index (χ1v) is 10.7. The molecule has 0 radical (unpaired) electrons. The molecule has 0 saturated heterocycles. The smallest absolute Gasteiger partial charge is 0.227 e. The maximum absolute atomic E-state index is 11.8. The minimum Gasteiger partial charge on any atom is -0.324 e. The van der Waals surface area contributed by atoms with Crippen LogP contribution in [0.25, 0.3) is 11.3 Å². The number of aromatic nitrogens is 5. The van der Waals surface area contributed by atoms with E-state index < -0.39 is 9.84 Å². The average molecular weight is 406 g/mol. The second kappa shape index (κ2) is 7.80. The highest BCUT2D eigenvalue weighted by Crippen LogP contribution is 2.22. The fourth-order valence-corrected chi connectivity index (χ4v) is 3.51. The van der Waals surface area contributed by atoms with Gasteiger partial charge in [-0.25, -0.2) is 28.1 Å². The second-order valence-electron chi connectivity index (χ2n) is 6.48. The largest absolute Gasteiger partial charge is 0.324 e. The van der Waals surface area contributed by atoms with Crippen molar-refractivity contribution in [3.05, 3.63) is 79.0 Å². The molecule has 0 saturated carbocycles. The summed E-state index contributed by atoms with van der Waals surface area (Å²) in [6.45, 7) is 0.613. The quantitative estimate of drug-likeness (QED) is 0.525. The molecule has 0 spiro atoms. The number of benzene rings is 2. The molecule has 9 heteroatoms. The first-order chi connectivity index (χ1) is 14.0. The number of rotatable bonds is 6. The van der Waals surface area contributed by atoms with Crippen LogP contribution in [0.2, 0.25) is 0 Å². The van der Waals surface area contributed by atoms with Gasteiger partial charge in [0, 0.05) is 23.7 Å². The van der Waals surface area contributed by atoms with Crippen molar-refractivity contribution in [3.63, 3.8) is 0 Å². The maximum atomic E-state index is 11.8. The summed E-state index contributed by atoms with van der Waals surface area (Å²) in [4.78, 5) is 13.0. The third-order valence-corrected chi connectivity index (χ3v) is 5.32. The van der Waals surface area contributed by atoms with Gasteiger partial charge >= 0.3 is 0 Å². The van der Waals surface area contributed by atoms with Crippen LogP contribution in [0.15, 0.2) is 78.3 Å². The lowest BCUT2D eigenvalue weighted by molar-refractivity contribution is 0.602. The molecule has 1 N–H and O–H groups in total. The standard InChI is InChI=1S/C20H18N6O2S/c1-29(27,28)18-7-3-6-17(11-18)24-20-22-9-8-19(25-20)16-5-2-4-15(10-16)12-26-14-21-13-23-26/h2-11,13-14H,12H2,1H3,(H,22,24,25). The zero-order chi connectivity index (χ0) is 20.3. The first kappa shape index (κ1) is 18.8. The van der Waals surface area contributed by atoms with Crippen molar-refractivity contribution >= 4 is 21.5 Å². The molecule has 2 heterocycles. The van der Waals surface area contributed by atoms with Gasteiger partial charge in [0.25, 0.3) is 0 Å². The van der Waals surface area contributed by atoms with Crippen LogP contribution < -0.4 is 5.32 Å². The van der Waals surface area contributed by atoms with Gasteiger partial charge in [0.15, 0.2) is 9.84 Å². The fraction of sp³-hybridized carbons (Fsp3) is 0.100. The van der Waals surface area contributed by atoms with Crippen LogP contribution in [0.5, 0.6) is 0 Å². The summed E-state index contributed by atoms with van der Waals surface area (Å²) >= 11 is 0. The van der Waals surface area contributed by atoms with Gasteiger partial charge in [0.1, 0.15) is 12.7 Å². The molecule has 0 aliphatic carbocycles. The molecule has 0 aliphatic heterocycles. The van der Waals surface area contributed by atoms with E-state index in [2.05, 4.69) is 25.4 Å². The van der Waals surface area contributed by atoms with Crippen LogP contribution in [0.1, 0.15) is 5.56 Å². The van der Waals surface area contributed by atoms with E-state index in [9.17, 15) is 8.42 Å². The molecule has 29 heavy (non-hydrogen) atoms. The lowest BCUT2D eigenvalue weighted by Crippen LogP contribution is -2.02. The summed E-state index contributed by atoms with van der Waals surface area (Å²) in [6.07, 6.45) is 6.01. The minimum absolute atomic E-state index is 0.236. The Bertz CT molecular complexity index is 1240. The topological polar surface area (TPSA) is 103 Å². The van der Waals surface area contributed by atoms with E-state index in [-0.39, 0.29) is 4.90 Å². The van der Waals surface area contributed by atoms with Gasteiger partial charge in [-0.1, -0.05) is 24.3 Å². The third kappa shape index (κ3) is 4.64. The maximum Gasteiger partial charge on any atom is 0.227 e. The number of anilines is 2. The highest BCUT2D eigenvalue weighted by atomic mass is 32.2. The Morgan fingerprint density at radius 2 is 1.93 bits per heavy atom. The van der Waals surface area contributed by atoms with Crippen LogP contribution in [0.4, 0.5) is 11.6 Å². The number of hydrogen-bond acceptors (Lipinski definition) is 7. The second-order valence-corrected chi connectivity index (χ2v) is 8.50. The van der Waals surface area contributed by atoms with E-state index in [1.165, 1.54) is 12.6 Å². The third-order valence-electron chi connectivity index (χ3n) is 4.21. The Balaban J connectivity index is 1.58. The molecular formula is C20H18N6O2S. The fourth-order valence-electron chi connectivity index (χ4n) is 2.84. The Kier molecular flexibility index (Phi) is 5.05. The van der Waals surface area contributed by atoms with Crippen molar-refractivity contribution < 1.29 is 8.42 Å². The van der Waals surface area contributed by atoms with Crippen molar-refractivity contribution in [2.45, 2.75) is 11.4 Å². The normalized spacial score (nSPS) is 11.3. The van der Waals surface area contributed by atoms with Crippen LogP contribution >= 0.6 is 0 Å². The van der Waals surface area contributed by atoms with Crippen LogP contribution in [-0.4, -0.2) is 39.4 Å². The van der Waals surface area contributed by atoms with Gasteiger partial charge in [-0.05, 0) is 35.9 Å². The number of hydrogen-bond donors (Lipinski definition) is 1. The number of nitrogens with zero attached hydrogens (tertiary/aromatic N) is 5. The van der Waals surface area contributed by atoms with E-state index in [1.54, 1.807) is 41.5 Å². The molecule has 0 fully saturated rings. The molecule has 4 rings (SSSR count). The Morgan fingerprint density at radius 3 is 2.72 bits per heavy atom. The van der Waals surface area contributed by atoms with Crippen LogP contribution in [0.3, 0.4) is 0 Å². The zero-order valence-electron chi connectivity index (χ0n) is 15.6. The van der Waals surface area contributed by atoms with E-state index >= 15 is 0 Å². The summed E-state index contributed by atoms with van der Waals surface area (Å²) in [5, 5.41) is 7.19. The summed E-state index contributed by atoms with van der Waals surface area (Å²) in [5.41, 5.74) is 3.37.